The summed E-state index contributed by atoms with van der Waals surface area (Å²) >= 11 is 0. The average Bonchev–Trinajstić information content (AvgIpc) is 3.79. The van der Waals surface area contributed by atoms with Crippen LogP contribution >= 0.6 is 0 Å². The SMILES string of the molecule is c1ccc(-c2ccc(N(c3ccc(-c4cc(-c5ccc6ccccc6c5)cc(-n5c6ccccc6c6ccc7ccccc7c65)c4)cc3)c3ccc(-c4ccccc4)c(-c4ccccc4)c3)cc2)cc1. The van der Waals surface area contributed by atoms with Crippen LogP contribution in [-0.4, -0.2) is 4.57 Å². The quantitative estimate of drug-likeness (QED) is 0.140. The van der Waals surface area contributed by atoms with Crippen LogP contribution in [0.4, 0.5) is 17.1 Å². The third kappa shape index (κ3) is 7.40. The Morgan fingerprint density at radius 2 is 0.729 bits per heavy atom. The number of rotatable bonds is 9. The standard InChI is InChI=1S/C68H46N2/c1-4-16-47(17-5-1)49-30-35-58(36-31-49)69(60-39-41-62(51-19-6-2-7-20-51)66(46-60)52-21-8-3-9-22-52)59-37-32-50(33-38-59)56-43-57(55-29-28-48-18-10-11-24-54(48)42-55)45-61(44-56)70-67-27-15-14-26-64(67)65-40-34-53-23-12-13-25-63(53)68(65)70/h1-46H. The minimum atomic E-state index is 1.07. The summed E-state index contributed by atoms with van der Waals surface area (Å²) in [5, 5.41) is 7.42. The summed E-state index contributed by atoms with van der Waals surface area (Å²) in [5.41, 5.74) is 18.5. The Morgan fingerprint density at radius 3 is 1.41 bits per heavy atom. The first kappa shape index (κ1) is 41.0. The second-order valence-corrected chi connectivity index (χ2v) is 18.1. The van der Waals surface area contributed by atoms with Crippen LogP contribution in [0.15, 0.2) is 279 Å². The molecule has 2 nitrogen and oxygen atoms in total. The number of benzene rings is 12. The lowest BCUT2D eigenvalue weighted by Gasteiger charge is -2.27. The maximum atomic E-state index is 2.49. The minimum Gasteiger partial charge on any atom is -0.310 e. The van der Waals surface area contributed by atoms with Gasteiger partial charge in [0.2, 0.25) is 0 Å². The second-order valence-electron chi connectivity index (χ2n) is 18.1. The fraction of sp³-hybridized carbons (Fsp3) is 0. The summed E-state index contributed by atoms with van der Waals surface area (Å²) in [5.74, 6) is 0. The number of aromatic nitrogens is 1. The Hall–Kier alpha value is -9.24. The molecule has 0 radical (unpaired) electrons. The third-order valence-corrected chi connectivity index (χ3v) is 13.9. The highest BCUT2D eigenvalue weighted by atomic mass is 15.1. The molecule has 0 aliphatic carbocycles. The van der Waals surface area contributed by atoms with Crippen LogP contribution in [0, 0.1) is 0 Å². The van der Waals surface area contributed by atoms with Crippen LogP contribution in [0.3, 0.4) is 0 Å². The van der Waals surface area contributed by atoms with E-state index < -0.39 is 0 Å². The number of anilines is 3. The van der Waals surface area contributed by atoms with Gasteiger partial charge in [-0.2, -0.15) is 0 Å². The van der Waals surface area contributed by atoms with Crippen LogP contribution in [0.25, 0.3) is 105 Å². The van der Waals surface area contributed by atoms with Crippen LogP contribution in [-0.2, 0) is 0 Å². The van der Waals surface area contributed by atoms with Gasteiger partial charge >= 0.3 is 0 Å². The lowest BCUT2D eigenvalue weighted by Crippen LogP contribution is -2.10. The van der Waals surface area contributed by atoms with Crippen molar-refractivity contribution in [3.05, 3.63) is 279 Å². The van der Waals surface area contributed by atoms with E-state index in [1.165, 1.54) is 87.9 Å². The molecule has 0 atom stereocenters. The van der Waals surface area contributed by atoms with Gasteiger partial charge in [-0.1, -0.05) is 212 Å². The van der Waals surface area contributed by atoms with Crippen LogP contribution in [0.2, 0.25) is 0 Å². The molecule has 1 heterocycles. The Balaban J connectivity index is 0.986. The van der Waals surface area contributed by atoms with Crippen molar-refractivity contribution >= 4 is 60.4 Å². The largest absolute Gasteiger partial charge is 0.310 e. The summed E-state index contributed by atoms with van der Waals surface area (Å²) in [6, 6.07) is 102. The minimum absolute atomic E-state index is 1.07. The number of hydrogen-bond acceptors (Lipinski definition) is 1. The van der Waals surface area contributed by atoms with E-state index in [1.807, 2.05) is 0 Å². The Morgan fingerprint density at radius 1 is 0.243 bits per heavy atom. The van der Waals surface area contributed by atoms with E-state index in [1.54, 1.807) is 0 Å². The average molecular weight is 891 g/mol. The Kier molecular flexibility index (Phi) is 10.2. The fourth-order valence-corrected chi connectivity index (χ4v) is 10.5. The summed E-state index contributed by atoms with van der Waals surface area (Å²) < 4.78 is 2.49. The van der Waals surface area contributed by atoms with E-state index in [9.17, 15) is 0 Å². The highest BCUT2D eigenvalue weighted by molar-refractivity contribution is 6.18. The molecule has 0 fully saturated rings. The first-order chi connectivity index (χ1) is 34.7. The summed E-state index contributed by atoms with van der Waals surface area (Å²) in [6.45, 7) is 0. The Bertz CT molecular complexity index is 4020. The molecule has 13 rings (SSSR count). The normalized spacial score (nSPS) is 11.4. The third-order valence-electron chi connectivity index (χ3n) is 13.9. The van der Waals surface area contributed by atoms with Gasteiger partial charge in [0.15, 0.2) is 0 Å². The van der Waals surface area contributed by atoms with Gasteiger partial charge < -0.3 is 9.47 Å². The maximum absolute atomic E-state index is 2.49. The molecule has 328 valence electrons. The topological polar surface area (TPSA) is 8.17 Å². The molecule has 0 saturated heterocycles. The zero-order valence-electron chi connectivity index (χ0n) is 38.5. The fourth-order valence-electron chi connectivity index (χ4n) is 10.5. The zero-order valence-corrected chi connectivity index (χ0v) is 38.5. The van der Waals surface area contributed by atoms with Crippen molar-refractivity contribution in [2.75, 3.05) is 4.90 Å². The van der Waals surface area contributed by atoms with Crippen molar-refractivity contribution < 1.29 is 0 Å². The Labute approximate surface area is 408 Å². The predicted molar refractivity (Wildman–Crippen MR) is 298 cm³/mol. The zero-order chi connectivity index (χ0) is 46.4. The van der Waals surface area contributed by atoms with Gasteiger partial charge in [-0.25, -0.2) is 0 Å². The molecule has 0 unspecified atom stereocenters. The van der Waals surface area contributed by atoms with Gasteiger partial charge in [0.1, 0.15) is 0 Å². The van der Waals surface area contributed by atoms with Crippen molar-refractivity contribution in [3.63, 3.8) is 0 Å². The van der Waals surface area contributed by atoms with Crippen LogP contribution < -0.4 is 4.90 Å². The molecule has 12 aromatic carbocycles. The molecular formula is C68H46N2. The van der Waals surface area contributed by atoms with E-state index in [0.717, 1.165) is 33.9 Å². The van der Waals surface area contributed by atoms with E-state index in [-0.39, 0.29) is 0 Å². The molecule has 70 heavy (non-hydrogen) atoms. The molecule has 0 aliphatic heterocycles. The number of para-hydroxylation sites is 1. The smallest absolute Gasteiger partial charge is 0.0619 e. The van der Waals surface area contributed by atoms with Crippen molar-refractivity contribution in [2.24, 2.45) is 0 Å². The van der Waals surface area contributed by atoms with Gasteiger partial charge in [0.05, 0.1) is 11.0 Å². The van der Waals surface area contributed by atoms with Crippen molar-refractivity contribution in [2.45, 2.75) is 0 Å². The van der Waals surface area contributed by atoms with E-state index >= 15 is 0 Å². The van der Waals surface area contributed by atoms with Crippen molar-refractivity contribution in [1.29, 1.82) is 0 Å². The van der Waals surface area contributed by atoms with E-state index in [4.69, 9.17) is 0 Å². The summed E-state index contributed by atoms with van der Waals surface area (Å²) in [6.07, 6.45) is 0. The van der Waals surface area contributed by atoms with E-state index in [2.05, 4.69) is 289 Å². The molecule has 1 aromatic heterocycles. The first-order valence-electron chi connectivity index (χ1n) is 24.1. The highest BCUT2D eigenvalue weighted by Gasteiger charge is 2.20. The monoisotopic (exact) mass is 890 g/mol. The predicted octanol–water partition coefficient (Wildman–Crippen LogP) is 18.9. The number of hydrogen-bond donors (Lipinski definition) is 0. The van der Waals surface area contributed by atoms with Gasteiger partial charge in [-0.05, 0) is 139 Å². The molecule has 13 aromatic rings. The van der Waals surface area contributed by atoms with Crippen LogP contribution in [0.1, 0.15) is 0 Å². The van der Waals surface area contributed by atoms with Gasteiger partial charge in [0, 0.05) is 38.9 Å². The molecule has 0 spiro atoms. The van der Waals surface area contributed by atoms with Crippen molar-refractivity contribution in [3.8, 4) is 61.3 Å². The van der Waals surface area contributed by atoms with Crippen molar-refractivity contribution in [1.82, 2.24) is 4.57 Å². The molecule has 0 saturated carbocycles. The number of fused-ring (bicyclic) bond motifs is 6. The van der Waals surface area contributed by atoms with Gasteiger partial charge in [-0.3, -0.25) is 0 Å². The molecule has 0 aliphatic rings. The molecular weight excluding hydrogens is 845 g/mol. The van der Waals surface area contributed by atoms with Gasteiger partial charge in [0.25, 0.3) is 0 Å². The van der Waals surface area contributed by atoms with Crippen LogP contribution in [0.5, 0.6) is 0 Å². The molecule has 0 amide bonds. The first-order valence-corrected chi connectivity index (χ1v) is 24.1. The second kappa shape index (κ2) is 17.4. The molecule has 0 N–H and O–H groups in total. The summed E-state index contributed by atoms with van der Waals surface area (Å²) in [4.78, 5) is 2.39. The lowest BCUT2D eigenvalue weighted by atomic mass is 9.93. The molecule has 0 bridgehead atoms. The lowest BCUT2D eigenvalue weighted by molar-refractivity contribution is 1.19. The number of nitrogens with zero attached hydrogens (tertiary/aromatic N) is 2. The maximum Gasteiger partial charge on any atom is 0.0619 e. The molecule has 2 heteroatoms. The summed E-state index contributed by atoms with van der Waals surface area (Å²) in [7, 11) is 0. The highest BCUT2D eigenvalue weighted by Crippen LogP contribution is 2.43. The van der Waals surface area contributed by atoms with Gasteiger partial charge in [-0.15, -0.1) is 0 Å². The van der Waals surface area contributed by atoms with E-state index in [0.29, 0.717) is 0 Å².